The van der Waals surface area contributed by atoms with Crippen LogP contribution in [0.25, 0.3) is 0 Å². The molecule has 6 rings (SSSR count). The Hall–Kier alpha value is -1.54. The highest BCUT2D eigenvalue weighted by Gasteiger charge is 2.85. The van der Waals surface area contributed by atoms with E-state index in [1.807, 2.05) is 6.92 Å². The van der Waals surface area contributed by atoms with E-state index in [0.717, 1.165) is 6.42 Å². The van der Waals surface area contributed by atoms with Crippen molar-refractivity contribution in [2.24, 2.45) is 10.8 Å². The second-order valence-corrected chi connectivity index (χ2v) is 11.6. The van der Waals surface area contributed by atoms with E-state index in [0.29, 0.717) is 50.0 Å². The molecule has 0 saturated carbocycles. The molecule has 6 nitrogen and oxygen atoms in total. The van der Waals surface area contributed by atoms with Gasteiger partial charge in [-0.25, -0.2) is 4.90 Å². The molecule has 2 aromatic rings. The maximum Gasteiger partial charge on any atom is 0.243 e. The van der Waals surface area contributed by atoms with Crippen LogP contribution in [0.15, 0.2) is 30.3 Å². The van der Waals surface area contributed by atoms with Gasteiger partial charge >= 0.3 is 0 Å². The summed E-state index contributed by atoms with van der Waals surface area (Å²) in [7, 11) is 0. The molecule has 3 saturated heterocycles. The number of hydrogen-bond acceptors (Lipinski definition) is 5. The number of anilines is 2. The number of halogens is 4. The van der Waals surface area contributed by atoms with Gasteiger partial charge in [0.25, 0.3) is 0 Å². The number of benzene rings is 2. The summed E-state index contributed by atoms with van der Waals surface area (Å²) >= 11 is 25.4. The summed E-state index contributed by atoms with van der Waals surface area (Å²) in [6, 6.07) is 7.74. The number of rotatable bonds is 1. The van der Waals surface area contributed by atoms with Gasteiger partial charge in [0, 0.05) is 26.7 Å². The zero-order chi connectivity index (χ0) is 24.4. The molecule has 2 aromatic carbocycles. The van der Waals surface area contributed by atoms with Gasteiger partial charge in [-0.05, 0) is 63.6 Å². The highest BCUT2D eigenvalue weighted by Crippen LogP contribution is 2.73. The van der Waals surface area contributed by atoms with E-state index in [4.69, 9.17) is 46.4 Å². The second-order valence-electron chi connectivity index (χ2n) is 9.88. The molecule has 4 aliphatic rings. The minimum absolute atomic E-state index is 0.270. The van der Waals surface area contributed by atoms with Gasteiger partial charge in [-0.2, -0.15) is 0 Å². The zero-order valence-corrected chi connectivity index (χ0v) is 21.4. The monoisotopic (exact) mass is 539 g/mol. The molecular formula is C24H21Cl4N3O3. The fourth-order valence-electron chi connectivity index (χ4n) is 7.26. The maximum atomic E-state index is 14.5. The predicted octanol–water partition coefficient (Wildman–Crippen LogP) is 5.30. The number of nitrogens with one attached hydrogen (secondary N) is 1. The Kier molecular flexibility index (Phi) is 4.73. The molecule has 1 spiro atoms. The topological polar surface area (TPSA) is 72.9 Å². The molecule has 3 fully saturated rings. The van der Waals surface area contributed by atoms with Crippen LogP contribution in [0.2, 0.25) is 20.1 Å². The van der Waals surface area contributed by atoms with Gasteiger partial charge in [-0.1, -0.05) is 46.4 Å². The average Bonchev–Trinajstić information content (AvgIpc) is 3.42. The van der Waals surface area contributed by atoms with Gasteiger partial charge in [0.1, 0.15) is 11.8 Å². The number of hydrogen-bond donors (Lipinski definition) is 2. The fourth-order valence-corrected chi connectivity index (χ4v) is 8.32. The third kappa shape index (κ3) is 2.33. The van der Waals surface area contributed by atoms with Crippen molar-refractivity contribution in [3.05, 3.63) is 56.0 Å². The van der Waals surface area contributed by atoms with E-state index in [1.54, 1.807) is 37.3 Å². The normalized spacial score (nSPS) is 36.3. The summed E-state index contributed by atoms with van der Waals surface area (Å²) < 4.78 is 0. The first-order valence-corrected chi connectivity index (χ1v) is 12.6. The Morgan fingerprint density at radius 3 is 2.29 bits per heavy atom. The van der Waals surface area contributed by atoms with Gasteiger partial charge < -0.3 is 10.4 Å². The summed E-state index contributed by atoms with van der Waals surface area (Å²) in [4.78, 5) is 32.0. The summed E-state index contributed by atoms with van der Waals surface area (Å²) in [6.45, 7) is 4.25. The zero-order valence-electron chi connectivity index (χ0n) is 18.3. The first kappa shape index (κ1) is 22.9. The molecule has 2 N–H and O–H groups in total. The van der Waals surface area contributed by atoms with Crippen molar-refractivity contribution in [2.45, 2.75) is 44.5 Å². The number of aliphatic hydroxyl groups excluding tert-OH is 1. The van der Waals surface area contributed by atoms with Crippen LogP contribution in [0.4, 0.5) is 11.4 Å². The van der Waals surface area contributed by atoms with Crippen LogP contribution in [-0.4, -0.2) is 40.6 Å². The van der Waals surface area contributed by atoms with Gasteiger partial charge in [0.2, 0.25) is 11.8 Å². The van der Waals surface area contributed by atoms with E-state index >= 15 is 0 Å². The molecule has 5 unspecified atom stereocenters. The number of carbonyl (C=O) groups is 2. The summed E-state index contributed by atoms with van der Waals surface area (Å²) in [5.41, 5.74) is -2.26. The highest BCUT2D eigenvalue weighted by molar-refractivity contribution is 6.37. The molecule has 0 aliphatic carbocycles. The first-order chi connectivity index (χ1) is 16.0. The maximum absolute atomic E-state index is 14.5. The SMILES string of the molecule is CC12C(=O)N(c3cc(Cl)cc(Cl)c3)C(=O)C1(C)C1(c3cc(Cl)cc(Cl)c3NC1O)N1CCCC12. The molecule has 4 heterocycles. The van der Waals surface area contributed by atoms with Crippen molar-refractivity contribution in [2.75, 3.05) is 16.8 Å². The molecule has 178 valence electrons. The lowest BCUT2D eigenvalue weighted by Gasteiger charge is -2.46. The van der Waals surface area contributed by atoms with Crippen molar-refractivity contribution in [1.82, 2.24) is 4.90 Å². The number of imide groups is 1. The van der Waals surface area contributed by atoms with Crippen molar-refractivity contribution < 1.29 is 14.7 Å². The standard InChI is InChI=1S/C24H21Cl4N3O3/c1-22-17-4-3-5-30(17)24(15-9-13(27)10-16(28)18(15)29-19(24)32)23(22,2)21(34)31(20(22)33)14-7-11(25)6-12(26)8-14/h6-10,17,19,29,32H,3-5H2,1-2H3. The molecule has 0 bridgehead atoms. The highest BCUT2D eigenvalue weighted by atomic mass is 35.5. The van der Waals surface area contributed by atoms with Crippen LogP contribution >= 0.6 is 46.4 Å². The van der Waals surface area contributed by atoms with Gasteiger partial charge in [-0.15, -0.1) is 0 Å². The Balaban J connectivity index is 1.66. The Morgan fingerprint density at radius 2 is 1.62 bits per heavy atom. The Labute approximate surface area is 216 Å². The summed E-state index contributed by atoms with van der Waals surface area (Å²) in [6.07, 6.45) is 0.359. The molecule has 10 heteroatoms. The fraction of sp³-hybridized carbons (Fsp3) is 0.417. The van der Waals surface area contributed by atoms with Crippen molar-refractivity contribution in [3.63, 3.8) is 0 Å². The van der Waals surface area contributed by atoms with Crippen molar-refractivity contribution in [3.8, 4) is 0 Å². The number of aliphatic hydroxyl groups is 1. The number of carbonyl (C=O) groups excluding carboxylic acids is 2. The largest absolute Gasteiger partial charge is 0.371 e. The summed E-state index contributed by atoms with van der Waals surface area (Å²) in [5, 5.41) is 16.1. The minimum Gasteiger partial charge on any atom is -0.371 e. The van der Waals surface area contributed by atoms with Gasteiger partial charge in [-0.3, -0.25) is 14.5 Å². The van der Waals surface area contributed by atoms with Crippen LogP contribution < -0.4 is 10.2 Å². The molecule has 0 aromatic heterocycles. The van der Waals surface area contributed by atoms with Crippen LogP contribution in [0, 0.1) is 10.8 Å². The number of nitrogens with zero attached hydrogens (tertiary/aromatic N) is 2. The van der Waals surface area contributed by atoms with Gasteiger partial charge in [0.05, 0.1) is 27.2 Å². The van der Waals surface area contributed by atoms with Gasteiger partial charge in [0.15, 0.2) is 0 Å². The summed E-state index contributed by atoms with van der Waals surface area (Å²) in [5.74, 6) is -0.751. The minimum atomic E-state index is -1.34. The van der Waals surface area contributed by atoms with E-state index in [2.05, 4.69) is 10.2 Å². The van der Waals surface area contributed by atoms with Crippen LogP contribution in [-0.2, 0) is 15.1 Å². The average molecular weight is 541 g/mol. The number of fused-ring (bicyclic) bond motifs is 7. The molecule has 2 amide bonds. The third-order valence-electron chi connectivity index (χ3n) is 8.70. The quantitative estimate of drug-likeness (QED) is 0.480. The Bertz CT molecular complexity index is 1280. The van der Waals surface area contributed by atoms with Crippen LogP contribution in [0.3, 0.4) is 0 Å². The molecule has 4 aliphatic heterocycles. The lowest BCUT2D eigenvalue weighted by atomic mass is 9.56. The number of amides is 2. The Morgan fingerprint density at radius 1 is 0.971 bits per heavy atom. The molecule has 0 radical (unpaired) electrons. The van der Waals surface area contributed by atoms with E-state index in [9.17, 15) is 14.7 Å². The third-order valence-corrected chi connectivity index (χ3v) is 9.65. The lowest BCUT2D eigenvalue weighted by Crippen LogP contribution is -2.61. The van der Waals surface area contributed by atoms with E-state index < -0.39 is 28.5 Å². The molecule has 5 atom stereocenters. The lowest BCUT2D eigenvalue weighted by molar-refractivity contribution is -0.141. The van der Waals surface area contributed by atoms with Crippen LogP contribution in [0.5, 0.6) is 0 Å². The van der Waals surface area contributed by atoms with E-state index in [1.165, 1.54) is 4.90 Å². The predicted molar refractivity (Wildman–Crippen MR) is 133 cm³/mol. The molecular weight excluding hydrogens is 520 g/mol. The smallest absolute Gasteiger partial charge is 0.243 e. The molecule has 34 heavy (non-hydrogen) atoms. The van der Waals surface area contributed by atoms with Crippen LogP contribution in [0.1, 0.15) is 32.3 Å². The first-order valence-electron chi connectivity index (χ1n) is 11.1. The van der Waals surface area contributed by atoms with E-state index in [-0.39, 0.29) is 11.9 Å². The second kappa shape index (κ2) is 7.02. The van der Waals surface area contributed by atoms with Crippen molar-refractivity contribution >= 4 is 69.6 Å². The van der Waals surface area contributed by atoms with Crippen molar-refractivity contribution in [1.29, 1.82) is 0 Å².